The first-order valence-corrected chi connectivity index (χ1v) is 7.58. The maximum absolute atomic E-state index is 12.7. The van der Waals surface area contributed by atoms with Gasteiger partial charge in [0.25, 0.3) is 0 Å². The SMILES string of the molecule is Cc1cc(C)n(Cc2cccc(Nc3nccc(C(F)(F)F)n3)c2)n1. The third-order valence-corrected chi connectivity index (χ3v) is 3.56. The highest BCUT2D eigenvalue weighted by Gasteiger charge is 2.32. The summed E-state index contributed by atoms with van der Waals surface area (Å²) in [5.41, 5.74) is 2.56. The van der Waals surface area contributed by atoms with Crippen LogP contribution in [0.2, 0.25) is 0 Å². The Balaban J connectivity index is 1.79. The highest BCUT2D eigenvalue weighted by Crippen LogP contribution is 2.28. The van der Waals surface area contributed by atoms with Crippen LogP contribution in [0.3, 0.4) is 0 Å². The van der Waals surface area contributed by atoms with Crippen LogP contribution < -0.4 is 5.32 Å². The van der Waals surface area contributed by atoms with Gasteiger partial charge in [-0.1, -0.05) is 12.1 Å². The van der Waals surface area contributed by atoms with Crippen molar-refractivity contribution >= 4 is 11.6 Å². The van der Waals surface area contributed by atoms with E-state index >= 15 is 0 Å². The van der Waals surface area contributed by atoms with Crippen LogP contribution in [-0.4, -0.2) is 19.7 Å². The molecule has 0 spiro atoms. The zero-order valence-corrected chi connectivity index (χ0v) is 13.7. The Morgan fingerprint density at radius 3 is 2.60 bits per heavy atom. The van der Waals surface area contributed by atoms with Gasteiger partial charge in [0.15, 0.2) is 0 Å². The number of aryl methyl sites for hydroxylation is 2. The summed E-state index contributed by atoms with van der Waals surface area (Å²) in [6.07, 6.45) is -3.42. The largest absolute Gasteiger partial charge is 0.433 e. The number of benzene rings is 1. The third kappa shape index (κ3) is 4.14. The van der Waals surface area contributed by atoms with Crippen LogP contribution in [0.25, 0.3) is 0 Å². The Labute approximate surface area is 142 Å². The van der Waals surface area contributed by atoms with Crippen molar-refractivity contribution in [1.82, 2.24) is 19.7 Å². The fraction of sp³-hybridized carbons (Fsp3) is 0.235. The van der Waals surface area contributed by atoms with Gasteiger partial charge in [0.1, 0.15) is 5.69 Å². The average Bonchev–Trinajstić information content (AvgIpc) is 2.85. The lowest BCUT2D eigenvalue weighted by Crippen LogP contribution is -2.10. The molecule has 0 aliphatic carbocycles. The molecule has 0 aliphatic heterocycles. The number of aromatic nitrogens is 4. The summed E-state index contributed by atoms with van der Waals surface area (Å²) in [4.78, 5) is 7.35. The van der Waals surface area contributed by atoms with Gasteiger partial charge < -0.3 is 5.32 Å². The molecule has 3 aromatic rings. The molecule has 0 radical (unpaired) electrons. The third-order valence-electron chi connectivity index (χ3n) is 3.56. The molecule has 0 saturated heterocycles. The van der Waals surface area contributed by atoms with Crippen LogP contribution in [0.4, 0.5) is 24.8 Å². The standard InChI is InChI=1S/C17H16F3N5/c1-11-8-12(2)25(24-11)10-13-4-3-5-14(9-13)22-16-21-7-6-15(23-16)17(18,19)20/h3-9H,10H2,1-2H3,(H,21,22,23). The highest BCUT2D eigenvalue weighted by atomic mass is 19.4. The number of nitrogens with one attached hydrogen (secondary N) is 1. The van der Waals surface area contributed by atoms with E-state index in [1.807, 2.05) is 42.8 Å². The number of hydrogen-bond acceptors (Lipinski definition) is 4. The maximum Gasteiger partial charge on any atom is 0.433 e. The minimum absolute atomic E-state index is 0.0990. The van der Waals surface area contributed by atoms with Crippen molar-refractivity contribution < 1.29 is 13.2 Å². The second kappa shape index (κ2) is 6.54. The normalized spacial score (nSPS) is 11.6. The van der Waals surface area contributed by atoms with Gasteiger partial charge in [-0.25, -0.2) is 9.97 Å². The molecular formula is C17H16F3N5. The van der Waals surface area contributed by atoms with Crippen molar-refractivity contribution in [3.05, 3.63) is 65.2 Å². The van der Waals surface area contributed by atoms with E-state index < -0.39 is 11.9 Å². The van der Waals surface area contributed by atoms with E-state index in [4.69, 9.17) is 0 Å². The first-order valence-electron chi connectivity index (χ1n) is 7.58. The molecule has 0 amide bonds. The van der Waals surface area contributed by atoms with E-state index in [2.05, 4.69) is 20.4 Å². The lowest BCUT2D eigenvalue weighted by molar-refractivity contribution is -0.141. The number of anilines is 2. The fourth-order valence-corrected chi connectivity index (χ4v) is 2.46. The molecule has 1 N–H and O–H groups in total. The summed E-state index contributed by atoms with van der Waals surface area (Å²) in [6, 6.07) is 10.1. The van der Waals surface area contributed by atoms with Crippen molar-refractivity contribution in [2.75, 3.05) is 5.32 Å². The second-order valence-corrected chi connectivity index (χ2v) is 5.67. The molecule has 2 aromatic heterocycles. The van der Waals surface area contributed by atoms with Gasteiger partial charge in [0, 0.05) is 17.6 Å². The van der Waals surface area contributed by atoms with Gasteiger partial charge >= 0.3 is 6.18 Å². The molecule has 130 valence electrons. The van der Waals surface area contributed by atoms with Crippen molar-refractivity contribution in [3.63, 3.8) is 0 Å². The van der Waals surface area contributed by atoms with Gasteiger partial charge in [-0.15, -0.1) is 0 Å². The Hall–Kier alpha value is -2.90. The van der Waals surface area contributed by atoms with Gasteiger partial charge in [-0.05, 0) is 43.7 Å². The molecular weight excluding hydrogens is 331 g/mol. The number of rotatable bonds is 4. The Morgan fingerprint density at radius 1 is 1.12 bits per heavy atom. The van der Waals surface area contributed by atoms with Crippen LogP contribution in [0.15, 0.2) is 42.6 Å². The summed E-state index contributed by atoms with van der Waals surface area (Å²) in [6.45, 7) is 4.46. The second-order valence-electron chi connectivity index (χ2n) is 5.67. The zero-order valence-electron chi connectivity index (χ0n) is 13.7. The lowest BCUT2D eigenvalue weighted by atomic mass is 10.2. The number of nitrogens with zero attached hydrogens (tertiary/aromatic N) is 4. The summed E-state index contributed by atoms with van der Waals surface area (Å²) in [5.74, 6) is -0.0990. The quantitative estimate of drug-likeness (QED) is 0.772. The van der Waals surface area contributed by atoms with Crippen LogP contribution in [-0.2, 0) is 12.7 Å². The molecule has 0 atom stereocenters. The molecule has 1 aromatic carbocycles. The zero-order chi connectivity index (χ0) is 18.0. The topological polar surface area (TPSA) is 55.6 Å². The summed E-state index contributed by atoms with van der Waals surface area (Å²) >= 11 is 0. The predicted molar refractivity (Wildman–Crippen MR) is 87.6 cm³/mol. The smallest absolute Gasteiger partial charge is 0.324 e. The molecule has 0 unspecified atom stereocenters. The number of halogens is 3. The Kier molecular flexibility index (Phi) is 4.43. The van der Waals surface area contributed by atoms with Crippen molar-refractivity contribution in [2.24, 2.45) is 0 Å². The Morgan fingerprint density at radius 2 is 1.92 bits per heavy atom. The van der Waals surface area contributed by atoms with Crippen LogP contribution >= 0.6 is 0 Å². The minimum Gasteiger partial charge on any atom is -0.324 e. The van der Waals surface area contributed by atoms with E-state index in [0.717, 1.165) is 29.2 Å². The summed E-state index contributed by atoms with van der Waals surface area (Å²) in [5, 5.41) is 7.21. The van der Waals surface area contributed by atoms with Crippen molar-refractivity contribution in [2.45, 2.75) is 26.6 Å². The minimum atomic E-state index is -4.50. The van der Waals surface area contributed by atoms with Gasteiger partial charge in [-0.2, -0.15) is 18.3 Å². The maximum atomic E-state index is 12.7. The fourth-order valence-electron chi connectivity index (χ4n) is 2.46. The van der Waals surface area contributed by atoms with E-state index in [1.165, 1.54) is 0 Å². The van der Waals surface area contributed by atoms with E-state index in [9.17, 15) is 13.2 Å². The number of hydrogen-bond donors (Lipinski definition) is 1. The highest BCUT2D eigenvalue weighted by molar-refractivity contribution is 5.54. The number of alkyl halides is 3. The summed E-state index contributed by atoms with van der Waals surface area (Å²) < 4.78 is 40.0. The van der Waals surface area contributed by atoms with Gasteiger partial charge in [-0.3, -0.25) is 4.68 Å². The van der Waals surface area contributed by atoms with E-state index in [0.29, 0.717) is 12.2 Å². The molecule has 0 aliphatic rings. The van der Waals surface area contributed by atoms with E-state index in [1.54, 1.807) is 6.07 Å². The molecule has 3 rings (SSSR count). The monoisotopic (exact) mass is 347 g/mol. The van der Waals surface area contributed by atoms with Gasteiger partial charge in [0.05, 0.1) is 12.2 Å². The van der Waals surface area contributed by atoms with Gasteiger partial charge in [0.2, 0.25) is 5.95 Å². The van der Waals surface area contributed by atoms with Crippen LogP contribution in [0.5, 0.6) is 0 Å². The Bertz CT molecular complexity index is 886. The predicted octanol–water partition coefficient (Wildman–Crippen LogP) is 4.10. The molecule has 25 heavy (non-hydrogen) atoms. The van der Waals surface area contributed by atoms with E-state index in [-0.39, 0.29) is 5.95 Å². The lowest BCUT2D eigenvalue weighted by Gasteiger charge is -2.10. The molecule has 0 fully saturated rings. The molecule has 5 nitrogen and oxygen atoms in total. The van der Waals surface area contributed by atoms with Crippen molar-refractivity contribution in [1.29, 1.82) is 0 Å². The molecule has 8 heteroatoms. The molecule has 2 heterocycles. The molecule has 0 bridgehead atoms. The average molecular weight is 347 g/mol. The first-order chi connectivity index (χ1) is 11.8. The molecule has 0 saturated carbocycles. The van der Waals surface area contributed by atoms with Crippen LogP contribution in [0, 0.1) is 13.8 Å². The van der Waals surface area contributed by atoms with Crippen LogP contribution in [0.1, 0.15) is 22.6 Å². The first kappa shape index (κ1) is 16.9. The summed E-state index contributed by atoms with van der Waals surface area (Å²) in [7, 11) is 0. The van der Waals surface area contributed by atoms with Crippen molar-refractivity contribution in [3.8, 4) is 0 Å².